The Labute approximate surface area is 107 Å². The predicted molar refractivity (Wildman–Crippen MR) is 65.8 cm³/mol. The lowest BCUT2D eigenvalue weighted by atomic mass is 9.96. The quantitative estimate of drug-likeness (QED) is 0.753. The molecule has 90 valence electrons. The molecule has 5 nitrogen and oxygen atoms in total. The molecule has 0 saturated heterocycles. The lowest BCUT2D eigenvalue weighted by molar-refractivity contribution is 0.0970. The van der Waals surface area contributed by atoms with Gasteiger partial charge in [0.15, 0.2) is 6.29 Å². The van der Waals surface area contributed by atoms with E-state index in [0.717, 1.165) is 5.75 Å². The molecule has 0 radical (unpaired) electrons. The lowest BCUT2D eigenvalue weighted by Crippen LogP contribution is -2.34. The number of rotatable bonds is 1. The summed E-state index contributed by atoms with van der Waals surface area (Å²) in [5.41, 5.74) is 0.820. The highest BCUT2D eigenvalue weighted by molar-refractivity contribution is 8.04. The van der Waals surface area contributed by atoms with Crippen LogP contribution >= 0.6 is 11.8 Å². The minimum absolute atomic E-state index is 0.0679. The third-order valence-electron chi connectivity index (χ3n) is 2.81. The Bertz CT molecular complexity index is 622. The largest absolute Gasteiger partial charge is 0.380 e. The fourth-order valence-electron chi connectivity index (χ4n) is 1.98. The summed E-state index contributed by atoms with van der Waals surface area (Å²) >= 11 is 1.38. The summed E-state index contributed by atoms with van der Waals surface area (Å²) < 4.78 is 0. The van der Waals surface area contributed by atoms with E-state index in [2.05, 4.69) is 10.3 Å². The Morgan fingerprint density at radius 1 is 1.28 bits per heavy atom. The van der Waals surface area contributed by atoms with Crippen LogP contribution in [0.2, 0.25) is 0 Å². The Morgan fingerprint density at radius 2 is 2.11 bits per heavy atom. The van der Waals surface area contributed by atoms with E-state index in [-0.39, 0.29) is 28.5 Å². The number of carbonyl (C=O) groups is 3. The first-order valence-corrected chi connectivity index (χ1v) is 6.37. The van der Waals surface area contributed by atoms with Crippen LogP contribution in [0.3, 0.4) is 0 Å². The number of ketones is 2. The fourth-order valence-corrected chi connectivity index (χ4v) is 2.94. The molecule has 18 heavy (non-hydrogen) atoms. The summed E-state index contributed by atoms with van der Waals surface area (Å²) in [7, 11) is 0. The molecular weight excluding hydrogens is 252 g/mol. The molecule has 1 aliphatic carbocycles. The van der Waals surface area contributed by atoms with Gasteiger partial charge >= 0.3 is 0 Å². The number of nitrogens with zero attached hydrogens (tertiary/aromatic N) is 1. The first-order chi connectivity index (χ1) is 8.72. The molecule has 2 heterocycles. The van der Waals surface area contributed by atoms with Gasteiger partial charge in [-0.25, -0.2) is 4.98 Å². The maximum atomic E-state index is 12.2. The maximum Gasteiger partial charge on any atom is 0.229 e. The lowest BCUT2D eigenvalue weighted by Gasteiger charge is -2.24. The van der Waals surface area contributed by atoms with Crippen molar-refractivity contribution in [2.45, 2.75) is 0 Å². The van der Waals surface area contributed by atoms with Crippen molar-refractivity contribution in [1.82, 2.24) is 10.3 Å². The van der Waals surface area contributed by atoms with Crippen molar-refractivity contribution in [1.29, 1.82) is 0 Å². The van der Waals surface area contributed by atoms with Crippen LogP contribution in [0.5, 0.6) is 0 Å². The van der Waals surface area contributed by atoms with Crippen molar-refractivity contribution in [2.24, 2.45) is 0 Å². The smallest absolute Gasteiger partial charge is 0.229 e. The zero-order valence-corrected chi connectivity index (χ0v) is 10.0. The number of hydrogen-bond donors (Lipinski definition) is 1. The number of pyridine rings is 1. The summed E-state index contributed by atoms with van der Waals surface area (Å²) in [6.07, 6.45) is 0.560. The van der Waals surface area contributed by atoms with Gasteiger partial charge in [-0.2, -0.15) is 0 Å². The molecule has 0 spiro atoms. The molecule has 2 aliphatic rings. The Morgan fingerprint density at radius 3 is 2.89 bits per heavy atom. The van der Waals surface area contributed by atoms with E-state index in [9.17, 15) is 14.4 Å². The van der Waals surface area contributed by atoms with Gasteiger partial charge in [-0.15, -0.1) is 11.8 Å². The molecule has 0 amide bonds. The Balaban J connectivity index is 2.20. The van der Waals surface area contributed by atoms with Gasteiger partial charge in [0.1, 0.15) is 17.1 Å². The predicted octanol–water partition coefficient (Wildman–Crippen LogP) is 0.821. The minimum Gasteiger partial charge on any atom is -0.380 e. The van der Waals surface area contributed by atoms with Crippen LogP contribution < -0.4 is 5.32 Å². The first kappa shape index (κ1) is 11.2. The molecule has 3 rings (SSSR count). The second-order valence-electron chi connectivity index (χ2n) is 3.89. The van der Waals surface area contributed by atoms with Gasteiger partial charge in [0, 0.05) is 12.3 Å². The number of carbonyl (C=O) groups excluding carboxylic acids is 3. The highest BCUT2D eigenvalue weighted by atomic mass is 32.2. The van der Waals surface area contributed by atoms with Crippen LogP contribution in [0.25, 0.3) is 0 Å². The van der Waals surface area contributed by atoms with Crippen molar-refractivity contribution >= 4 is 29.6 Å². The topological polar surface area (TPSA) is 76.1 Å². The van der Waals surface area contributed by atoms with Crippen LogP contribution in [0.4, 0.5) is 0 Å². The molecule has 1 aliphatic heterocycles. The van der Waals surface area contributed by atoms with Crippen LogP contribution in [-0.4, -0.2) is 35.1 Å². The van der Waals surface area contributed by atoms with E-state index in [1.54, 1.807) is 0 Å². The number of aldehydes is 1. The van der Waals surface area contributed by atoms with Crippen LogP contribution in [0.1, 0.15) is 31.3 Å². The van der Waals surface area contributed by atoms with Crippen LogP contribution in [0, 0.1) is 0 Å². The molecule has 1 aromatic rings. The summed E-state index contributed by atoms with van der Waals surface area (Å²) in [6, 6.07) is 2.94. The van der Waals surface area contributed by atoms with Crippen molar-refractivity contribution < 1.29 is 14.4 Å². The van der Waals surface area contributed by atoms with Gasteiger partial charge in [0.05, 0.1) is 10.5 Å². The van der Waals surface area contributed by atoms with E-state index in [1.165, 1.54) is 23.9 Å². The minimum atomic E-state index is -0.310. The third kappa shape index (κ3) is 1.49. The van der Waals surface area contributed by atoms with Crippen molar-refractivity contribution in [2.75, 3.05) is 12.3 Å². The molecule has 0 bridgehead atoms. The van der Waals surface area contributed by atoms with Crippen molar-refractivity contribution in [3.63, 3.8) is 0 Å². The number of nitrogens with one attached hydrogen (secondary N) is 1. The number of Topliss-reactive ketones (excluding diaryl/α,β-unsaturated/α-hetero) is 2. The van der Waals surface area contributed by atoms with E-state index >= 15 is 0 Å². The SMILES string of the molecule is O=Cc1ccc2c(n1)C(=O)C1=C(SCCN1)C2=O. The molecule has 0 fully saturated rings. The highest BCUT2D eigenvalue weighted by Crippen LogP contribution is 2.32. The summed E-state index contributed by atoms with van der Waals surface area (Å²) in [5.74, 6) is 0.254. The molecule has 1 aromatic heterocycles. The number of aromatic nitrogens is 1. The van der Waals surface area contributed by atoms with Gasteiger partial charge in [0.2, 0.25) is 11.6 Å². The number of hydrogen-bond acceptors (Lipinski definition) is 6. The zero-order chi connectivity index (χ0) is 12.7. The van der Waals surface area contributed by atoms with Gasteiger partial charge in [-0.1, -0.05) is 0 Å². The molecular formula is C12H8N2O3S. The average molecular weight is 260 g/mol. The first-order valence-electron chi connectivity index (χ1n) is 5.39. The number of allylic oxidation sites excluding steroid dienone is 2. The van der Waals surface area contributed by atoms with E-state index < -0.39 is 0 Å². The van der Waals surface area contributed by atoms with Crippen molar-refractivity contribution in [3.05, 3.63) is 39.7 Å². The second-order valence-corrected chi connectivity index (χ2v) is 4.99. The standard InChI is InChI=1S/C12H8N2O3S/c15-5-6-1-2-7-8(14-6)11(17)9-12(10(7)16)18-4-3-13-9/h1-2,5,13H,3-4H2. The number of thioether (sulfide) groups is 1. The molecule has 0 saturated carbocycles. The molecule has 0 atom stereocenters. The molecule has 1 N–H and O–H groups in total. The monoisotopic (exact) mass is 260 g/mol. The molecule has 6 heteroatoms. The summed E-state index contributed by atoms with van der Waals surface area (Å²) in [6.45, 7) is 0.644. The van der Waals surface area contributed by atoms with Crippen LogP contribution in [-0.2, 0) is 0 Å². The van der Waals surface area contributed by atoms with E-state index in [1.807, 2.05) is 0 Å². The molecule has 0 unspecified atom stereocenters. The second kappa shape index (κ2) is 4.06. The van der Waals surface area contributed by atoms with Crippen LogP contribution in [0.15, 0.2) is 22.7 Å². The molecule has 0 aromatic carbocycles. The normalized spacial score (nSPS) is 18.0. The Kier molecular flexibility index (Phi) is 2.52. The highest BCUT2D eigenvalue weighted by Gasteiger charge is 2.35. The van der Waals surface area contributed by atoms with E-state index in [4.69, 9.17) is 0 Å². The van der Waals surface area contributed by atoms with Crippen molar-refractivity contribution in [3.8, 4) is 0 Å². The van der Waals surface area contributed by atoms with Gasteiger partial charge < -0.3 is 5.32 Å². The summed E-state index contributed by atoms with van der Waals surface area (Å²) in [4.78, 5) is 39.5. The van der Waals surface area contributed by atoms with E-state index in [0.29, 0.717) is 23.4 Å². The van der Waals surface area contributed by atoms with Gasteiger partial charge in [-0.3, -0.25) is 14.4 Å². The average Bonchev–Trinajstić information content (AvgIpc) is 2.44. The fraction of sp³-hybridized carbons (Fsp3) is 0.167. The Hall–Kier alpha value is -1.95. The maximum absolute atomic E-state index is 12.2. The zero-order valence-electron chi connectivity index (χ0n) is 9.23. The number of fused-ring (bicyclic) bond motifs is 1. The summed E-state index contributed by atoms with van der Waals surface area (Å²) in [5, 5.41) is 2.94. The van der Waals surface area contributed by atoms with Gasteiger partial charge in [-0.05, 0) is 12.1 Å². The van der Waals surface area contributed by atoms with Gasteiger partial charge in [0.25, 0.3) is 0 Å². The third-order valence-corrected chi connectivity index (χ3v) is 3.89.